The van der Waals surface area contributed by atoms with Gasteiger partial charge in [-0.2, -0.15) is 0 Å². The van der Waals surface area contributed by atoms with Crippen molar-refractivity contribution in [2.75, 3.05) is 11.9 Å². The minimum absolute atomic E-state index is 0.123. The number of carbonyl (C=O) groups excluding carboxylic acids is 2. The highest BCUT2D eigenvalue weighted by atomic mass is 35.5. The second kappa shape index (κ2) is 10.9. The molecule has 2 aliphatic heterocycles. The number of aliphatic hydroxyl groups excluding tert-OH is 1. The zero-order valence-corrected chi connectivity index (χ0v) is 24.3. The summed E-state index contributed by atoms with van der Waals surface area (Å²) in [6.07, 6.45) is 3.32. The number of anilines is 1. The van der Waals surface area contributed by atoms with Crippen LogP contribution < -0.4 is 16.0 Å². The van der Waals surface area contributed by atoms with Crippen LogP contribution >= 0.6 is 23.2 Å². The van der Waals surface area contributed by atoms with Crippen LogP contribution in [0.2, 0.25) is 10.0 Å². The Labute approximate surface area is 243 Å². The highest BCUT2D eigenvalue weighted by Crippen LogP contribution is 2.57. The van der Waals surface area contributed by atoms with E-state index in [0.717, 1.165) is 25.7 Å². The Hall–Kier alpha value is -2.26. The summed E-state index contributed by atoms with van der Waals surface area (Å²) >= 11 is 12.3. The maximum Gasteiger partial charge on any atom is 0.237 e. The molecule has 1 unspecified atom stereocenters. The van der Waals surface area contributed by atoms with E-state index in [2.05, 4.69) is 16.0 Å². The third-order valence-electron chi connectivity index (χ3n) is 8.65. The van der Waals surface area contributed by atoms with Crippen LogP contribution in [-0.2, 0) is 15.0 Å². The first-order valence-corrected chi connectivity index (χ1v) is 14.5. The number of amides is 2. The third kappa shape index (κ3) is 5.24. The highest BCUT2D eigenvalue weighted by Gasteiger charge is 2.66. The van der Waals surface area contributed by atoms with Crippen LogP contribution in [-0.4, -0.2) is 41.7 Å². The first-order chi connectivity index (χ1) is 18.8. The van der Waals surface area contributed by atoms with Gasteiger partial charge in [0.1, 0.15) is 17.0 Å². The van der Waals surface area contributed by atoms with Gasteiger partial charge >= 0.3 is 0 Å². The Morgan fingerprint density at radius 1 is 1.12 bits per heavy atom. The van der Waals surface area contributed by atoms with E-state index in [4.69, 9.17) is 23.2 Å². The lowest BCUT2D eigenvalue weighted by Gasteiger charge is -2.37. The summed E-state index contributed by atoms with van der Waals surface area (Å²) in [6.45, 7) is 6.51. The van der Waals surface area contributed by atoms with E-state index in [0.29, 0.717) is 35.7 Å². The lowest BCUT2D eigenvalue weighted by molar-refractivity contribution is -0.123. The molecule has 216 valence electrons. The largest absolute Gasteiger partial charge is 0.393 e. The first kappa shape index (κ1) is 29.2. The molecule has 1 aliphatic carbocycles. The molecule has 40 heavy (non-hydrogen) atoms. The van der Waals surface area contributed by atoms with Crippen LogP contribution in [0.4, 0.5) is 14.5 Å². The monoisotopic (exact) mass is 593 g/mol. The molecule has 3 aliphatic rings. The molecule has 1 spiro atoms. The number of hydrogen-bond acceptors (Lipinski definition) is 4. The maximum absolute atomic E-state index is 15.0. The van der Waals surface area contributed by atoms with Gasteiger partial charge in [0.2, 0.25) is 11.8 Å². The van der Waals surface area contributed by atoms with Gasteiger partial charge in [-0.25, -0.2) is 8.78 Å². The molecular weight excluding hydrogens is 559 g/mol. The van der Waals surface area contributed by atoms with Gasteiger partial charge in [0.25, 0.3) is 0 Å². The number of carbonyl (C=O) groups is 2. The molecule has 1 saturated carbocycles. The van der Waals surface area contributed by atoms with E-state index >= 15 is 0 Å². The summed E-state index contributed by atoms with van der Waals surface area (Å²) in [6, 6.07) is 5.41. The van der Waals surface area contributed by atoms with E-state index in [1.54, 1.807) is 0 Å². The fraction of sp³-hybridized carbons (Fsp3) is 0.533. The van der Waals surface area contributed by atoms with Gasteiger partial charge < -0.3 is 21.1 Å². The highest BCUT2D eigenvalue weighted by molar-refractivity contribution is 6.31. The molecule has 6 nitrogen and oxygen atoms in total. The topological polar surface area (TPSA) is 90.5 Å². The molecule has 4 N–H and O–H groups in total. The van der Waals surface area contributed by atoms with Crippen LogP contribution in [0.25, 0.3) is 0 Å². The van der Waals surface area contributed by atoms with Crippen molar-refractivity contribution in [1.29, 1.82) is 0 Å². The van der Waals surface area contributed by atoms with Gasteiger partial charge in [-0.15, -0.1) is 0 Å². The van der Waals surface area contributed by atoms with Gasteiger partial charge in [0, 0.05) is 24.2 Å². The second-order valence-corrected chi connectivity index (χ2v) is 13.5. The van der Waals surface area contributed by atoms with Crippen LogP contribution in [0.3, 0.4) is 0 Å². The minimum Gasteiger partial charge on any atom is -0.393 e. The Kier molecular flexibility index (Phi) is 7.94. The van der Waals surface area contributed by atoms with Crippen LogP contribution in [0.5, 0.6) is 0 Å². The average molecular weight is 595 g/mol. The van der Waals surface area contributed by atoms with Gasteiger partial charge in [-0.05, 0) is 78.8 Å². The number of hydrogen-bond donors (Lipinski definition) is 4. The number of fused-ring (bicyclic) bond motifs is 2. The normalized spacial score (nSPS) is 29.6. The van der Waals surface area contributed by atoms with Crippen molar-refractivity contribution in [3.63, 3.8) is 0 Å². The van der Waals surface area contributed by atoms with Gasteiger partial charge in [0.05, 0.1) is 22.2 Å². The summed E-state index contributed by atoms with van der Waals surface area (Å²) in [7, 11) is 0. The second-order valence-electron chi connectivity index (χ2n) is 12.7. The Balaban J connectivity index is 1.60. The Morgan fingerprint density at radius 2 is 1.85 bits per heavy atom. The van der Waals surface area contributed by atoms with Gasteiger partial charge in [-0.3, -0.25) is 9.59 Å². The fourth-order valence-corrected chi connectivity index (χ4v) is 7.31. The number of nitrogens with one attached hydrogen (secondary N) is 3. The van der Waals surface area contributed by atoms with E-state index in [1.165, 1.54) is 30.3 Å². The molecule has 6 atom stereocenters. The average Bonchev–Trinajstić information content (AvgIpc) is 3.51. The molecule has 2 fully saturated rings. The summed E-state index contributed by atoms with van der Waals surface area (Å²) in [5.74, 6) is -2.48. The van der Waals surface area contributed by atoms with Crippen molar-refractivity contribution >= 4 is 40.7 Å². The molecular formula is C30H35Cl2F2N3O3. The lowest BCUT2D eigenvalue weighted by atomic mass is 9.62. The minimum atomic E-state index is -1.40. The Morgan fingerprint density at radius 3 is 2.50 bits per heavy atom. The number of aliphatic hydroxyl groups is 1. The predicted octanol–water partition coefficient (Wildman–Crippen LogP) is 5.69. The Bertz CT molecular complexity index is 1330. The van der Waals surface area contributed by atoms with Crippen molar-refractivity contribution in [3.05, 3.63) is 63.1 Å². The summed E-state index contributed by atoms with van der Waals surface area (Å²) in [4.78, 5) is 28.0. The quantitative estimate of drug-likeness (QED) is 0.346. The summed E-state index contributed by atoms with van der Waals surface area (Å²) < 4.78 is 29.3. The van der Waals surface area contributed by atoms with Crippen LogP contribution in [0, 0.1) is 23.0 Å². The fourth-order valence-electron chi connectivity index (χ4n) is 6.96. The molecule has 0 aromatic heterocycles. The van der Waals surface area contributed by atoms with Crippen LogP contribution in [0.1, 0.15) is 69.9 Å². The van der Waals surface area contributed by atoms with Crippen molar-refractivity contribution in [3.8, 4) is 0 Å². The van der Waals surface area contributed by atoms with E-state index in [9.17, 15) is 23.5 Å². The number of benzene rings is 2. The van der Waals surface area contributed by atoms with Gasteiger partial charge in [0.15, 0.2) is 0 Å². The van der Waals surface area contributed by atoms with Crippen LogP contribution in [0.15, 0.2) is 30.3 Å². The zero-order valence-electron chi connectivity index (χ0n) is 22.8. The molecule has 1 saturated heterocycles. The predicted molar refractivity (Wildman–Crippen MR) is 152 cm³/mol. The van der Waals surface area contributed by atoms with Crippen molar-refractivity contribution in [1.82, 2.24) is 10.6 Å². The number of rotatable bonds is 6. The van der Waals surface area contributed by atoms with Gasteiger partial charge in [-0.1, -0.05) is 50.0 Å². The maximum atomic E-state index is 15.0. The van der Waals surface area contributed by atoms with Crippen molar-refractivity contribution in [2.24, 2.45) is 11.3 Å². The lowest BCUT2D eigenvalue weighted by Crippen LogP contribution is -2.49. The molecule has 0 bridgehead atoms. The summed E-state index contributed by atoms with van der Waals surface area (Å²) in [5, 5.41) is 19.0. The van der Waals surface area contributed by atoms with Crippen molar-refractivity contribution in [2.45, 2.75) is 82.4 Å². The van der Waals surface area contributed by atoms with E-state index < -0.39 is 35.1 Å². The molecule has 0 radical (unpaired) electrons. The zero-order chi connectivity index (χ0) is 29.0. The molecule has 10 heteroatoms. The molecule has 2 aromatic rings. The van der Waals surface area contributed by atoms with E-state index in [-0.39, 0.29) is 33.4 Å². The standard InChI is InChI=1S/C30H35Cl2F2N3O3/c1-29(2,3)14-24-30(18-12-22(34)20(32)13-23(18)36-28(30)40)25(16-5-7-21(33)19(31)11-16)26(37-24)27(39)35-9-8-15-4-6-17(38)10-15/h5,7,11-13,15,17,24-26,37-38H,4,6,8-10,14H2,1-3H3,(H,35,39)(H,36,40)/t15?,17-,24-,25+,26-,30+/m1/s1. The molecule has 5 rings (SSSR count). The molecule has 2 amide bonds. The number of halogens is 4. The first-order valence-electron chi connectivity index (χ1n) is 13.8. The molecule has 2 aromatic carbocycles. The molecule has 2 heterocycles. The smallest absolute Gasteiger partial charge is 0.237 e. The summed E-state index contributed by atoms with van der Waals surface area (Å²) in [5.41, 5.74) is -0.379. The van der Waals surface area contributed by atoms with Crippen molar-refractivity contribution < 1.29 is 23.5 Å². The SMILES string of the molecule is CC(C)(C)C[C@H]1N[C@@H](C(=O)NCCC2CC[C@@H](O)C2)[C@H](c2ccc(F)c(Cl)c2)[C@@]12C(=O)Nc1cc(Cl)c(F)cc12. The third-order valence-corrected chi connectivity index (χ3v) is 9.23. The van der Waals surface area contributed by atoms with E-state index in [1.807, 2.05) is 20.8 Å².